The molecule has 1 unspecified atom stereocenters. The number of hydrogen-bond donors (Lipinski definition) is 2. The van der Waals surface area contributed by atoms with Crippen molar-refractivity contribution in [3.8, 4) is 0 Å². The van der Waals surface area contributed by atoms with Crippen LogP contribution in [0.2, 0.25) is 0 Å². The van der Waals surface area contributed by atoms with E-state index in [1.54, 1.807) is 17.4 Å². The number of aliphatic carboxylic acids is 1. The molecule has 168 valence electrons. The van der Waals surface area contributed by atoms with E-state index in [1.807, 2.05) is 24.2 Å². The molecule has 2 rings (SSSR count). The maximum absolute atomic E-state index is 12.4. The fraction of sp³-hybridized carbons (Fsp3) is 0.542. The Hall–Kier alpha value is -1.31. The van der Waals surface area contributed by atoms with Gasteiger partial charge in [-0.05, 0) is 22.9 Å². The van der Waals surface area contributed by atoms with Crippen molar-refractivity contribution in [2.45, 2.75) is 64.4 Å². The van der Waals surface area contributed by atoms with Crippen LogP contribution in [0.25, 0.3) is 0 Å². The van der Waals surface area contributed by atoms with Gasteiger partial charge in [-0.2, -0.15) is 0 Å². The van der Waals surface area contributed by atoms with Crippen molar-refractivity contribution in [1.29, 1.82) is 0 Å². The zero-order valence-corrected chi connectivity index (χ0v) is 20.5. The Morgan fingerprint density at radius 1 is 1.29 bits per heavy atom. The Labute approximate surface area is 198 Å². The Morgan fingerprint density at radius 2 is 2.06 bits per heavy atom. The summed E-state index contributed by atoms with van der Waals surface area (Å²) in [6.45, 7) is 2.08. The number of aliphatic hydroxyl groups excluding tert-OH is 1. The number of allylic oxidation sites excluding steroid dienone is 4. The molecule has 0 amide bonds. The van der Waals surface area contributed by atoms with Crippen LogP contribution in [0.15, 0.2) is 34.8 Å². The van der Waals surface area contributed by atoms with E-state index in [9.17, 15) is 14.7 Å². The number of aliphatic hydroxyl groups is 1. The van der Waals surface area contributed by atoms with Crippen molar-refractivity contribution in [3.63, 3.8) is 0 Å². The van der Waals surface area contributed by atoms with Gasteiger partial charge in [0.25, 0.3) is 0 Å². The zero-order valence-electron chi connectivity index (χ0n) is 18.1. The van der Waals surface area contributed by atoms with Crippen molar-refractivity contribution in [2.75, 3.05) is 0 Å². The van der Waals surface area contributed by atoms with Crippen LogP contribution >= 0.6 is 27.3 Å². The van der Waals surface area contributed by atoms with Gasteiger partial charge in [-0.15, -0.1) is 0 Å². The number of carbonyl (C=O) groups is 2. The molecule has 4 nitrogen and oxygen atoms in total. The summed E-state index contributed by atoms with van der Waals surface area (Å²) < 4.78 is 1.14. The molecule has 0 aliphatic heterocycles. The predicted molar refractivity (Wildman–Crippen MR) is 133 cm³/mol. The van der Waals surface area contributed by atoms with E-state index in [0.717, 1.165) is 23.7 Å². The quantitative estimate of drug-likeness (QED) is 0.174. The molecule has 1 heterocycles. The average molecular weight is 507 g/mol. The Kier molecular flexibility index (Phi) is 11.1. The van der Waals surface area contributed by atoms with Crippen LogP contribution < -0.4 is 0 Å². The number of hydrogen-bond acceptors (Lipinski definition) is 4. The molecule has 1 aromatic heterocycles. The number of thiophene rings is 1. The van der Waals surface area contributed by atoms with Crippen molar-refractivity contribution in [2.24, 2.45) is 17.8 Å². The van der Waals surface area contributed by atoms with E-state index in [0.29, 0.717) is 25.7 Å². The summed E-state index contributed by atoms with van der Waals surface area (Å²) in [6.07, 6.45) is 12.4. The van der Waals surface area contributed by atoms with E-state index in [1.165, 1.54) is 9.75 Å². The number of carboxylic acid groups (broad SMARTS) is 1. The van der Waals surface area contributed by atoms with Gasteiger partial charge in [0.15, 0.2) is 0 Å². The van der Waals surface area contributed by atoms with Gasteiger partial charge in [0.2, 0.25) is 0 Å². The Morgan fingerprint density at radius 3 is 2.71 bits per heavy atom. The third-order valence-corrected chi connectivity index (χ3v) is 8.09. The van der Waals surface area contributed by atoms with Gasteiger partial charge in [0.05, 0.1) is 0 Å². The minimum atomic E-state index is -0.776. The van der Waals surface area contributed by atoms with E-state index in [2.05, 4.69) is 36.4 Å². The Balaban J connectivity index is 1.85. The second-order valence-corrected chi connectivity index (χ2v) is 10.4. The first-order valence-corrected chi connectivity index (χ1v) is 12.6. The topological polar surface area (TPSA) is 74.6 Å². The second-order valence-electron chi connectivity index (χ2n) is 8.23. The molecule has 31 heavy (non-hydrogen) atoms. The van der Waals surface area contributed by atoms with Gasteiger partial charge in [0, 0.05) is 0 Å². The van der Waals surface area contributed by atoms with Crippen molar-refractivity contribution in [3.05, 3.63) is 44.6 Å². The summed E-state index contributed by atoms with van der Waals surface area (Å²) in [5.74, 6) is 1.54. The molecule has 1 saturated carbocycles. The molecule has 4 atom stereocenters. The third kappa shape index (κ3) is 8.62. The molecule has 1 fully saturated rings. The van der Waals surface area contributed by atoms with Gasteiger partial charge in [-0.3, -0.25) is 0 Å². The molecule has 1 aliphatic carbocycles. The van der Waals surface area contributed by atoms with E-state index >= 15 is 0 Å². The van der Waals surface area contributed by atoms with Gasteiger partial charge < -0.3 is 0 Å². The molecular formula is C24H32BBrO4S. The standard InChI is InChI=1S/C24H32BBrO4S/c1-16-22(26)14-19(31-16)8-6-7-18(27)11-12-20-17(15-25)13-23(28)21(20)9-4-2-3-5-10-24(29)30/h2,4,11-12,14-15,17,20-21,23,25,28H,3,5-10,13H2,1H3,(H,29,30)/b4-2-,12-11+/t17-,20-,21+,23?/m0/s1. The molecule has 7 heteroatoms. The molecule has 1 aliphatic rings. The first-order chi connectivity index (χ1) is 14.8. The Bertz CT molecular complexity index is 797. The SMILES string of the molecule is B=C[C@@H]1CC(O)[C@H](C/C=C\CCCC(=O)O)[C@H]1/C=C/C(=O)CCCc1cc(Br)c(C)s1. The number of rotatable bonds is 13. The summed E-state index contributed by atoms with van der Waals surface area (Å²) in [7, 11) is 3.91. The number of halogens is 1. The van der Waals surface area contributed by atoms with Crippen LogP contribution in [-0.2, 0) is 16.0 Å². The van der Waals surface area contributed by atoms with Crippen LogP contribution in [0.1, 0.15) is 54.7 Å². The number of carbonyl (C=O) groups excluding carboxylic acids is 1. The zero-order chi connectivity index (χ0) is 22.8. The summed E-state index contributed by atoms with van der Waals surface area (Å²) in [4.78, 5) is 25.5. The van der Waals surface area contributed by atoms with E-state index < -0.39 is 12.1 Å². The summed E-state index contributed by atoms with van der Waals surface area (Å²) >= 11 is 5.30. The molecule has 0 saturated heterocycles. The molecule has 0 aromatic carbocycles. The fourth-order valence-corrected chi connectivity index (χ4v) is 5.80. The fourth-order valence-electron chi connectivity index (χ4n) is 4.16. The van der Waals surface area contributed by atoms with Gasteiger partial charge >= 0.3 is 176 Å². The van der Waals surface area contributed by atoms with Crippen LogP contribution in [-0.4, -0.2) is 41.5 Å². The summed E-state index contributed by atoms with van der Waals surface area (Å²) in [5.41, 5.74) is 0. The number of unbranched alkanes of at least 4 members (excludes halogenated alkanes) is 1. The predicted octanol–water partition coefficient (Wildman–Crippen LogP) is 4.78. The van der Waals surface area contributed by atoms with Crippen LogP contribution in [0, 0.1) is 24.7 Å². The number of ketones is 1. The summed E-state index contributed by atoms with van der Waals surface area (Å²) in [6, 6.07) is 2.13. The van der Waals surface area contributed by atoms with E-state index in [-0.39, 0.29) is 30.0 Å². The van der Waals surface area contributed by atoms with Crippen molar-refractivity contribution >= 4 is 52.5 Å². The van der Waals surface area contributed by atoms with Crippen LogP contribution in [0.3, 0.4) is 0 Å². The molecule has 2 N–H and O–H groups in total. The number of aryl methyl sites for hydroxylation is 2. The summed E-state index contributed by atoms with van der Waals surface area (Å²) in [5, 5.41) is 19.2. The van der Waals surface area contributed by atoms with E-state index in [4.69, 9.17) is 5.11 Å². The van der Waals surface area contributed by atoms with Crippen molar-refractivity contribution in [1.82, 2.24) is 0 Å². The van der Waals surface area contributed by atoms with Gasteiger partial charge in [-0.25, -0.2) is 0 Å². The molecule has 0 spiro atoms. The van der Waals surface area contributed by atoms with Gasteiger partial charge in [-0.1, -0.05) is 0 Å². The first kappa shape index (κ1) is 26.0. The van der Waals surface area contributed by atoms with Crippen LogP contribution in [0.5, 0.6) is 0 Å². The molecule has 0 radical (unpaired) electrons. The normalized spacial score (nSPS) is 23.7. The molecule has 0 bridgehead atoms. The average Bonchev–Trinajstić information content (AvgIpc) is 3.20. The number of carboxylic acids is 1. The minimum absolute atomic E-state index is 0.0502. The molecule has 1 aromatic rings. The first-order valence-electron chi connectivity index (χ1n) is 10.9. The third-order valence-electron chi connectivity index (χ3n) is 5.89. The molecular weight excluding hydrogens is 475 g/mol. The monoisotopic (exact) mass is 506 g/mol. The van der Waals surface area contributed by atoms with Gasteiger partial charge in [0.1, 0.15) is 0 Å². The second kappa shape index (κ2) is 13.3. The van der Waals surface area contributed by atoms with Crippen LogP contribution in [0.4, 0.5) is 0 Å². The van der Waals surface area contributed by atoms with Crippen molar-refractivity contribution < 1.29 is 19.8 Å². The maximum atomic E-state index is 12.4.